The zero-order chi connectivity index (χ0) is 27.5. The van der Waals surface area contributed by atoms with Crippen molar-refractivity contribution in [2.24, 2.45) is 5.92 Å². The van der Waals surface area contributed by atoms with Gasteiger partial charge in [-0.05, 0) is 63.6 Å². The molecule has 1 aromatic carbocycles. The number of unbranched alkanes of at least 4 members (excludes halogenated alkanes) is 1. The molecule has 2 N–H and O–H groups in total. The second-order valence-electron chi connectivity index (χ2n) is 10.7. The molecule has 0 radical (unpaired) electrons. The first-order chi connectivity index (χ1) is 16.8. The Balaban J connectivity index is 3.50. The molecule has 0 bridgehead atoms. The molecule has 36 heavy (non-hydrogen) atoms. The van der Waals surface area contributed by atoms with Crippen LogP contribution in [0, 0.1) is 5.92 Å². The summed E-state index contributed by atoms with van der Waals surface area (Å²) in [6.07, 6.45) is 4.41. The first kappa shape index (κ1) is 31.2. The zero-order valence-electron chi connectivity index (χ0n) is 23.5. The summed E-state index contributed by atoms with van der Waals surface area (Å²) < 4.78 is 5.42. The summed E-state index contributed by atoms with van der Waals surface area (Å²) in [5.74, 6) is -0.755. The summed E-state index contributed by atoms with van der Waals surface area (Å²) in [5, 5.41) is 5.86. The lowest BCUT2D eigenvalue weighted by molar-refractivity contribution is -0.143. The summed E-state index contributed by atoms with van der Waals surface area (Å²) in [4.78, 5) is 41.9. The van der Waals surface area contributed by atoms with E-state index in [1.165, 1.54) is 0 Å². The minimum Gasteiger partial charge on any atom is -0.444 e. The van der Waals surface area contributed by atoms with Gasteiger partial charge in [-0.2, -0.15) is 0 Å². The Morgan fingerprint density at radius 2 is 1.75 bits per heavy atom. The molecule has 0 fully saturated rings. The summed E-state index contributed by atoms with van der Waals surface area (Å²) >= 11 is 0. The number of alkyl carbamates (subject to hydrolysis) is 1. The lowest BCUT2D eigenvalue weighted by Gasteiger charge is -2.36. The van der Waals surface area contributed by atoms with E-state index in [9.17, 15) is 14.4 Å². The zero-order valence-corrected chi connectivity index (χ0v) is 23.5. The first-order valence-corrected chi connectivity index (χ1v) is 13.2. The van der Waals surface area contributed by atoms with Gasteiger partial charge >= 0.3 is 6.09 Å². The third kappa shape index (κ3) is 10.0. The minimum absolute atomic E-state index is 0.0310. The Hall–Kier alpha value is -2.83. The summed E-state index contributed by atoms with van der Waals surface area (Å²) in [6, 6.07) is 5.80. The Labute approximate surface area is 218 Å². The van der Waals surface area contributed by atoms with Gasteiger partial charge in [0.25, 0.3) is 0 Å². The lowest BCUT2D eigenvalue weighted by atomic mass is 9.97. The van der Waals surface area contributed by atoms with Crippen molar-refractivity contribution in [2.45, 2.75) is 105 Å². The van der Waals surface area contributed by atoms with Gasteiger partial charge in [0, 0.05) is 12.6 Å². The molecular weight excluding hydrogens is 454 g/mol. The monoisotopic (exact) mass is 501 g/mol. The van der Waals surface area contributed by atoms with Gasteiger partial charge in [-0.25, -0.2) is 4.79 Å². The maximum Gasteiger partial charge on any atom is 0.408 e. The van der Waals surface area contributed by atoms with E-state index in [2.05, 4.69) is 24.1 Å². The molecule has 3 unspecified atom stereocenters. The number of ether oxygens (including phenoxy) is 1. The molecule has 1 aromatic rings. The molecule has 7 nitrogen and oxygen atoms in total. The van der Waals surface area contributed by atoms with Crippen LogP contribution in [-0.2, 0) is 14.3 Å². The van der Waals surface area contributed by atoms with Crippen LogP contribution in [0.4, 0.5) is 4.79 Å². The number of carbonyl (C=O) groups excluding carboxylic acids is 3. The van der Waals surface area contributed by atoms with Crippen molar-refractivity contribution in [1.82, 2.24) is 15.5 Å². The number of nitrogens with zero attached hydrogens (tertiary/aromatic N) is 1. The third-order valence-corrected chi connectivity index (χ3v) is 5.77. The second-order valence-corrected chi connectivity index (χ2v) is 10.7. The van der Waals surface area contributed by atoms with Crippen LogP contribution in [-0.4, -0.2) is 47.0 Å². The number of carbonyl (C=O) groups is 3. The molecule has 0 aliphatic carbocycles. The van der Waals surface area contributed by atoms with Crippen molar-refractivity contribution in [3.05, 3.63) is 42.0 Å². The van der Waals surface area contributed by atoms with Gasteiger partial charge in [-0.1, -0.05) is 71.4 Å². The maximum absolute atomic E-state index is 14.0. The molecule has 202 valence electrons. The van der Waals surface area contributed by atoms with Crippen LogP contribution in [0.25, 0.3) is 6.08 Å². The average molecular weight is 502 g/mol. The molecule has 0 heterocycles. The number of hydrogen-bond acceptors (Lipinski definition) is 4. The predicted molar refractivity (Wildman–Crippen MR) is 146 cm³/mol. The van der Waals surface area contributed by atoms with Crippen molar-refractivity contribution in [3.8, 4) is 0 Å². The second kappa shape index (κ2) is 14.7. The third-order valence-electron chi connectivity index (χ3n) is 5.77. The van der Waals surface area contributed by atoms with E-state index in [0.29, 0.717) is 12.1 Å². The number of amides is 3. The van der Waals surface area contributed by atoms with E-state index in [1.54, 1.807) is 31.7 Å². The van der Waals surface area contributed by atoms with Crippen LogP contribution < -0.4 is 10.6 Å². The number of benzene rings is 1. The number of nitrogens with one attached hydrogen (secondary N) is 2. The number of hydrogen-bond donors (Lipinski definition) is 2. The molecule has 0 aliphatic heterocycles. The SMILES string of the molecule is C=Cc1cccc(C(C(=O)NC(C)CCC)N(CCCC)C(=O)C(NC(=O)OC(C)(C)C)C(C)C)c1. The fourth-order valence-electron chi connectivity index (χ4n) is 3.98. The first-order valence-electron chi connectivity index (χ1n) is 13.2. The van der Waals surface area contributed by atoms with Crippen LogP contribution in [0.5, 0.6) is 0 Å². The molecule has 0 saturated carbocycles. The highest BCUT2D eigenvalue weighted by Gasteiger charge is 2.37. The molecule has 3 atom stereocenters. The Morgan fingerprint density at radius 3 is 2.28 bits per heavy atom. The summed E-state index contributed by atoms with van der Waals surface area (Å²) in [7, 11) is 0. The molecule has 3 amide bonds. The largest absolute Gasteiger partial charge is 0.444 e. The molecule has 0 spiro atoms. The normalized spacial score (nSPS) is 13.9. The lowest BCUT2D eigenvalue weighted by Crippen LogP contribution is -2.55. The van der Waals surface area contributed by atoms with Crippen LogP contribution in [0.1, 0.15) is 98.2 Å². The fraction of sp³-hybridized carbons (Fsp3) is 0.621. The van der Waals surface area contributed by atoms with Gasteiger partial charge in [0.2, 0.25) is 11.8 Å². The van der Waals surface area contributed by atoms with Crippen LogP contribution in [0.15, 0.2) is 30.8 Å². The van der Waals surface area contributed by atoms with E-state index in [1.807, 2.05) is 52.0 Å². The Bertz CT molecular complexity index is 876. The van der Waals surface area contributed by atoms with Gasteiger partial charge < -0.3 is 20.3 Å². The van der Waals surface area contributed by atoms with Gasteiger partial charge in [-0.3, -0.25) is 9.59 Å². The predicted octanol–water partition coefficient (Wildman–Crippen LogP) is 5.85. The Kier molecular flexibility index (Phi) is 12.7. The van der Waals surface area contributed by atoms with Crippen molar-refractivity contribution in [1.29, 1.82) is 0 Å². The molecule has 0 saturated heterocycles. The van der Waals surface area contributed by atoms with Gasteiger partial charge in [-0.15, -0.1) is 0 Å². The summed E-state index contributed by atoms with van der Waals surface area (Å²) in [5.41, 5.74) is 0.874. The molecule has 0 aromatic heterocycles. The van der Waals surface area contributed by atoms with Crippen molar-refractivity contribution < 1.29 is 19.1 Å². The topological polar surface area (TPSA) is 87.7 Å². The van der Waals surface area contributed by atoms with Crippen LogP contribution >= 0.6 is 0 Å². The standard InChI is InChI=1S/C29H47N3O4/c1-10-13-18-32(27(34)24(20(4)5)31-28(35)36-29(7,8)9)25(26(33)30-21(6)15-11-2)23-17-14-16-22(12-3)19-23/h12,14,16-17,19-21,24-25H,3,10-11,13,15,18H2,1-2,4-9H3,(H,30,33)(H,31,35). The molecule has 1 rings (SSSR count). The van der Waals surface area contributed by atoms with Crippen molar-refractivity contribution in [2.75, 3.05) is 6.54 Å². The number of rotatable bonds is 13. The maximum atomic E-state index is 14.0. The summed E-state index contributed by atoms with van der Waals surface area (Å²) in [6.45, 7) is 19.4. The van der Waals surface area contributed by atoms with Gasteiger partial charge in [0.05, 0.1) is 0 Å². The van der Waals surface area contributed by atoms with Crippen LogP contribution in [0.3, 0.4) is 0 Å². The van der Waals surface area contributed by atoms with E-state index in [4.69, 9.17) is 4.74 Å². The molecular formula is C29H47N3O4. The highest BCUT2D eigenvalue weighted by molar-refractivity contribution is 5.92. The van der Waals surface area contributed by atoms with Crippen molar-refractivity contribution in [3.63, 3.8) is 0 Å². The fourth-order valence-corrected chi connectivity index (χ4v) is 3.98. The van der Waals surface area contributed by atoms with Crippen LogP contribution in [0.2, 0.25) is 0 Å². The van der Waals surface area contributed by atoms with E-state index in [0.717, 1.165) is 31.2 Å². The van der Waals surface area contributed by atoms with E-state index < -0.39 is 23.8 Å². The quantitative estimate of drug-likeness (QED) is 0.355. The highest BCUT2D eigenvalue weighted by atomic mass is 16.6. The molecule has 7 heteroatoms. The smallest absolute Gasteiger partial charge is 0.408 e. The molecule has 0 aliphatic rings. The van der Waals surface area contributed by atoms with E-state index >= 15 is 0 Å². The average Bonchev–Trinajstić information content (AvgIpc) is 2.78. The minimum atomic E-state index is -0.845. The Morgan fingerprint density at radius 1 is 1.08 bits per heavy atom. The van der Waals surface area contributed by atoms with Gasteiger partial charge in [0.15, 0.2) is 0 Å². The van der Waals surface area contributed by atoms with E-state index in [-0.39, 0.29) is 23.8 Å². The highest BCUT2D eigenvalue weighted by Crippen LogP contribution is 2.26. The van der Waals surface area contributed by atoms with Gasteiger partial charge in [0.1, 0.15) is 17.7 Å². The van der Waals surface area contributed by atoms with Crippen molar-refractivity contribution >= 4 is 24.0 Å².